The van der Waals surface area contributed by atoms with Crippen LogP contribution in [0.4, 0.5) is 4.79 Å². The largest absolute Gasteiger partial charge is 0.478 e. The number of nitrogens with zero attached hydrogens (tertiary/aromatic N) is 2. The smallest absolute Gasteiger partial charge is 0.410 e. The van der Waals surface area contributed by atoms with Gasteiger partial charge in [0, 0.05) is 24.6 Å². The Morgan fingerprint density at radius 3 is 2.31 bits per heavy atom. The summed E-state index contributed by atoms with van der Waals surface area (Å²) in [6, 6.07) is 6.19. The number of hydrogen-bond donors (Lipinski definition) is 2. The Bertz CT molecular complexity index is 982. The van der Waals surface area contributed by atoms with E-state index in [0.717, 1.165) is 0 Å². The van der Waals surface area contributed by atoms with Crippen LogP contribution in [-0.2, 0) is 9.47 Å². The highest BCUT2D eigenvalue weighted by atomic mass is 16.6. The van der Waals surface area contributed by atoms with Gasteiger partial charge < -0.3 is 24.5 Å². The lowest BCUT2D eigenvalue weighted by Gasteiger charge is -2.32. The van der Waals surface area contributed by atoms with Crippen molar-refractivity contribution in [2.24, 2.45) is 0 Å². The van der Waals surface area contributed by atoms with Crippen molar-refractivity contribution in [3.05, 3.63) is 41.3 Å². The highest BCUT2D eigenvalue weighted by Gasteiger charge is 2.30. The number of H-pyrrole nitrogens is 1. The van der Waals surface area contributed by atoms with Gasteiger partial charge in [-0.15, -0.1) is 0 Å². The predicted molar refractivity (Wildman–Crippen MR) is 117 cm³/mol. The topological polar surface area (TPSA) is 122 Å². The molecule has 1 aromatic heterocycles. The Kier molecular flexibility index (Phi) is 6.86. The Hall–Kier alpha value is -3.36. The molecule has 1 saturated heterocycles. The maximum absolute atomic E-state index is 12.5. The minimum absolute atomic E-state index is 0.0360. The van der Waals surface area contributed by atoms with Crippen LogP contribution in [0.2, 0.25) is 0 Å². The van der Waals surface area contributed by atoms with Crippen LogP contribution in [0.5, 0.6) is 0 Å². The molecular formula is C23H29N3O6. The first-order valence-corrected chi connectivity index (χ1v) is 10.7. The van der Waals surface area contributed by atoms with Gasteiger partial charge >= 0.3 is 18.0 Å². The molecule has 3 rings (SSSR count). The van der Waals surface area contributed by atoms with Gasteiger partial charge in [0.15, 0.2) is 5.69 Å². The number of benzene rings is 1. The van der Waals surface area contributed by atoms with Crippen LogP contribution in [0.15, 0.2) is 24.3 Å². The number of aromatic carboxylic acids is 1. The number of carboxylic acid groups (broad SMARTS) is 1. The van der Waals surface area contributed by atoms with Gasteiger partial charge in [-0.2, -0.15) is 0 Å². The summed E-state index contributed by atoms with van der Waals surface area (Å²) in [6.07, 6.45) is 1.01. The number of esters is 1. The van der Waals surface area contributed by atoms with Crippen LogP contribution in [0, 0.1) is 0 Å². The van der Waals surface area contributed by atoms with E-state index in [4.69, 9.17) is 14.6 Å². The Balaban J connectivity index is 1.81. The molecule has 0 radical (unpaired) electrons. The predicted octanol–water partition coefficient (Wildman–Crippen LogP) is 4.07. The lowest BCUT2D eigenvalue weighted by atomic mass is 9.96. The fourth-order valence-electron chi connectivity index (χ4n) is 3.58. The summed E-state index contributed by atoms with van der Waals surface area (Å²) in [5.74, 6) is -0.862. The number of amides is 1. The summed E-state index contributed by atoms with van der Waals surface area (Å²) < 4.78 is 10.6. The van der Waals surface area contributed by atoms with Gasteiger partial charge in [0.05, 0.1) is 12.2 Å². The lowest BCUT2D eigenvalue weighted by molar-refractivity contribution is 0.0203. The number of carbonyl (C=O) groups is 3. The van der Waals surface area contributed by atoms with Gasteiger partial charge in [-0.05, 0) is 52.7 Å². The number of aromatic nitrogens is 2. The second-order valence-electron chi connectivity index (χ2n) is 8.69. The van der Waals surface area contributed by atoms with E-state index in [1.54, 1.807) is 24.0 Å². The summed E-state index contributed by atoms with van der Waals surface area (Å²) in [6.45, 7) is 8.50. The fraction of sp³-hybridized carbons (Fsp3) is 0.478. The third-order valence-electron chi connectivity index (χ3n) is 5.14. The highest BCUT2D eigenvalue weighted by Crippen LogP contribution is 2.31. The Labute approximate surface area is 186 Å². The van der Waals surface area contributed by atoms with Gasteiger partial charge in [-0.25, -0.2) is 19.4 Å². The normalized spacial score (nSPS) is 14.8. The first-order chi connectivity index (χ1) is 15.1. The molecule has 1 amide bonds. The molecule has 0 spiro atoms. The van der Waals surface area contributed by atoms with Gasteiger partial charge in [-0.1, -0.05) is 12.1 Å². The molecule has 1 aromatic carbocycles. The van der Waals surface area contributed by atoms with Gasteiger partial charge in [-0.3, -0.25) is 0 Å². The molecule has 0 bridgehead atoms. The zero-order valence-electron chi connectivity index (χ0n) is 18.8. The molecule has 9 nitrogen and oxygen atoms in total. The molecule has 0 aliphatic carbocycles. The number of rotatable bonds is 5. The van der Waals surface area contributed by atoms with Crippen molar-refractivity contribution >= 4 is 18.0 Å². The van der Waals surface area contributed by atoms with Gasteiger partial charge in [0.2, 0.25) is 0 Å². The van der Waals surface area contributed by atoms with E-state index in [0.29, 0.717) is 43.0 Å². The Morgan fingerprint density at radius 1 is 1.16 bits per heavy atom. The average molecular weight is 444 g/mol. The molecule has 2 aromatic rings. The summed E-state index contributed by atoms with van der Waals surface area (Å²) >= 11 is 0. The number of aromatic amines is 1. The number of carboxylic acids is 1. The van der Waals surface area contributed by atoms with Crippen LogP contribution < -0.4 is 0 Å². The summed E-state index contributed by atoms with van der Waals surface area (Å²) in [5, 5.41) is 9.12. The standard InChI is InChI=1S/C23H29N3O6/c1-5-31-21(29)18-17(14-6-8-16(9-7-14)20(27)28)24-19(25-18)15-10-12-26(13-11-15)22(30)32-23(2,3)4/h6-9,15H,5,10-13H2,1-4H3,(H,24,25)(H,27,28). The molecule has 2 N–H and O–H groups in total. The van der Waals surface area contributed by atoms with Crippen LogP contribution in [0.25, 0.3) is 11.3 Å². The molecule has 0 unspecified atom stereocenters. The van der Waals surface area contributed by atoms with E-state index in [9.17, 15) is 14.4 Å². The SMILES string of the molecule is CCOC(=O)c1[nH]c(C2CCN(C(=O)OC(C)(C)C)CC2)nc1-c1ccc(C(=O)O)cc1. The van der Waals surface area contributed by atoms with Crippen LogP contribution >= 0.6 is 0 Å². The quantitative estimate of drug-likeness (QED) is 0.668. The zero-order valence-corrected chi connectivity index (χ0v) is 18.8. The summed E-state index contributed by atoms with van der Waals surface area (Å²) in [5.41, 5.74) is 0.877. The van der Waals surface area contributed by atoms with Crippen molar-refractivity contribution in [3.8, 4) is 11.3 Å². The third kappa shape index (κ3) is 5.46. The number of piperidine rings is 1. The van der Waals surface area contributed by atoms with Crippen molar-refractivity contribution in [1.82, 2.24) is 14.9 Å². The molecule has 0 atom stereocenters. The molecular weight excluding hydrogens is 414 g/mol. The minimum Gasteiger partial charge on any atom is -0.478 e. The first kappa shape index (κ1) is 23.3. The van der Waals surface area contributed by atoms with Crippen molar-refractivity contribution < 1.29 is 29.0 Å². The number of likely N-dealkylation sites (tertiary alicyclic amines) is 1. The van der Waals surface area contributed by atoms with Crippen molar-refractivity contribution in [2.75, 3.05) is 19.7 Å². The monoisotopic (exact) mass is 443 g/mol. The minimum atomic E-state index is -1.03. The van der Waals surface area contributed by atoms with Crippen LogP contribution in [-0.4, -0.2) is 63.3 Å². The summed E-state index contributed by atoms with van der Waals surface area (Å²) in [4.78, 5) is 45.5. The number of nitrogens with one attached hydrogen (secondary N) is 1. The average Bonchev–Trinajstić information content (AvgIpc) is 3.18. The zero-order chi connectivity index (χ0) is 23.5. The van der Waals surface area contributed by atoms with E-state index in [-0.39, 0.29) is 29.9 Å². The first-order valence-electron chi connectivity index (χ1n) is 10.7. The van der Waals surface area contributed by atoms with E-state index in [1.165, 1.54) is 12.1 Å². The molecule has 1 aliphatic rings. The molecule has 0 saturated carbocycles. The molecule has 9 heteroatoms. The van der Waals surface area contributed by atoms with Gasteiger partial charge in [0.1, 0.15) is 17.1 Å². The van der Waals surface area contributed by atoms with Gasteiger partial charge in [0.25, 0.3) is 0 Å². The molecule has 2 heterocycles. The number of hydrogen-bond acceptors (Lipinski definition) is 6. The third-order valence-corrected chi connectivity index (χ3v) is 5.14. The number of ether oxygens (including phenoxy) is 2. The maximum atomic E-state index is 12.5. The van der Waals surface area contributed by atoms with Crippen LogP contribution in [0.1, 0.15) is 73.1 Å². The Morgan fingerprint density at radius 2 is 1.78 bits per heavy atom. The maximum Gasteiger partial charge on any atom is 0.410 e. The van der Waals surface area contributed by atoms with E-state index in [2.05, 4.69) is 9.97 Å². The van der Waals surface area contributed by atoms with E-state index >= 15 is 0 Å². The molecule has 172 valence electrons. The fourth-order valence-corrected chi connectivity index (χ4v) is 3.58. The second kappa shape index (κ2) is 9.42. The van der Waals surface area contributed by atoms with Crippen LogP contribution in [0.3, 0.4) is 0 Å². The second-order valence-corrected chi connectivity index (χ2v) is 8.69. The van der Waals surface area contributed by atoms with E-state index < -0.39 is 17.5 Å². The molecule has 1 fully saturated rings. The number of carbonyl (C=O) groups excluding carboxylic acids is 2. The highest BCUT2D eigenvalue weighted by molar-refractivity contribution is 5.95. The van der Waals surface area contributed by atoms with Crippen molar-refractivity contribution in [2.45, 2.75) is 52.1 Å². The molecule has 1 aliphatic heterocycles. The molecule has 32 heavy (non-hydrogen) atoms. The van der Waals surface area contributed by atoms with E-state index in [1.807, 2.05) is 20.8 Å². The van der Waals surface area contributed by atoms with Crippen molar-refractivity contribution in [1.29, 1.82) is 0 Å². The van der Waals surface area contributed by atoms with Crippen molar-refractivity contribution in [3.63, 3.8) is 0 Å². The summed E-state index contributed by atoms with van der Waals surface area (Å²) in [7, 11) is 0. The lowest BCUT2D eigenvalue weighted by Crippen LogP contribution is -2.41. The number of imidazole rings is 1.